The largest absolute Gasteiger partial charge is 0.0726 e. The first-order valence-corrected chi connectivity index (χ1v) is 14.8. The van der Waals surface area contributed by atoms with Crippen molar-refractivity contribution in [2.45, 2.75) is 5.41 Å². The number of benzene rings is 7. The van der Waals surface area contributed by atoms with Crippen molar-refractivity contribution in [2.75, 3.05) is 0 Å². The second kappa shape index (κ2) is 7.69. The summed E-state index contributed by atoms with van der Waals surface area (Å²) in [6.45, 7) is 0. The molecule has 0 amide bonds. The number of hydrogen-bond donors (Lipinski definition) is 0. The minimum atomic E-state index is -0.384. The van der Waals surface area contributed by atoms with Gasteiger partial charge in [-0.15, -0.1) is 0 Å². The van der Waals surface area contributed by atoms with Crippen LogP contribution in [0.4, 0.5) is 0 Å². The van der Waals surface area contributed by atoms with Gasteiger partial charge in [0.1, 0.15) is 0 Å². The van der Waals surface area contributed by atoms with E-state index in [1.807, 2.05) is 0 Å². The summed E-state index contributed by atoms with van der Waals surface area (Å²) in [6.07, 6.45) is 0. The van der Waals surface area contributed by atoms with Crippen LogP contribution in [0.25, 0.3) is 54.6 Å². The van der Waals surface area contributed by atoms with Crippen molar-refractivity contribution in [1.29, 1.82) is 0 Å². The lowest BCUT2D eigenvalue weighted by Crippen LogP contribution is -2.26. The third-order valence-electron chi connectivity index (χ3n) is 8.97. The topological polar surface area (TPSA) is 0 Å². The zero-order valence-electron chi connectivity index (χ0n) is 20.8. The Hall–Kier alpha value is -3.72. The van der Waals surface area contributed by atoms with Crippen LogP contribution in [0.1, 0.15) is 22.3 Å². The van der Waals surface area contributed by atoms with Crippen LogP contribution >= 0.6 is 31.9 Å². The highest BCUT2D eigenvalue weighted by atomic mass is 79.9. The Bertz CT molecular complexity index is 2150. The molecule has 0 unspecified atom stereocenters. The van der Waals surface area contributed by atoms with Crippen LogP contribution < -0.4 is 0 Å². The van der Waals surface area contributed by atoms with Crippen LogP contribution in [0.5, 0.6) is 0 Å². The van der Waals surface area contributed by atoms with Gasteiger partial charge in [0.15, 0.2) is 0 Å². The van der Waals surface area contributed by atoms with Gasteiger partial charge in [-0.25, -0.2) is 0 Å². The summed E-state index contributed by atoms with van der Waals surface area (Å²) in [5, 5.41) is 7.87. The minimum absolute atomic E-state index is 0.384. The third kappa shape index (κ3) is 2.69. The summed E-state index contributed by atoms with van der Waals surface area (Å²) in [5.74, 6) is 0. The van der Waals surface area contributed by atoms with Gasteiger partial charge in [-0.2, -0.15) is 0 Å². The summed E-state index contributed by atoms with van der Waals surface area (Å²) in [7, 11) is 0. The van der Waals surface area contributed by atoms with Crippen LogP contribution in [0.2, 0.25) is 0 Å². The second-order valence-electron chi connectivity index (χ2n) is 10.7. The SMILES string of the molecule is Brc1ccc2c(c1)C1(c3ccccc3-c3cc4c5ccccc5c5ccccc5c4cc31)c1cc(Br)ccc1-2. The summed E-state index contributed by atoms with van der Waals surface area (Å²) < 4.78 is 2.21. The zero-order chi connectivity index (χ0) is 25.9. The molecule has 7 aromatic rings. The summed E-state index contributed by atoms with van der Waals surface area (Å²) >= 11 is 7.65. The third-order valence-corrected chi connectivity index (χ3v) is 9.96. The van der Waals surface area contributed by atoms with E-state index < -0.39 is 0 Å². The van der Waals surface area contributed by atoms with Gasteiger partial charge in [0, 0.05) is 8.95 Å². The highest BCUT2D eigenvalue weighted by Gasteiger charge is 2.52. The number of fused-ring (bicyclic) bond motifs is 16. The molecule has 0 saturated carbocycles. The number of rotatable bonds is 0. The Labute approximate surface area is 243 Å². The summed E-state index contributed by atoms with van der Waals surface area (Å²) in [6, 6.07) is 45.4. The predicted molar refractivity (Wildman–Crippen MR) is 171 cm³/mol. The van der Waals surface area contributed by atoms with E-state index in [0.29, 0.717) is 0 Å². The maximum atomic E-state index is 3.82. The molecule has 1 spiro atoms. The highest BCUT2D eigenvalue weighted by Crippen LogP contribution is 2.64. The minimum Gasteiger partial charge on any atom is -0.0619 e. The fourth-order valence-corrected chi connectivity index (χ4v) is 8.25. The van der Waals surface area contributed by atoms with Crippen LogP contribution in [0.15, 0.2) is 130 Å². The van der Waals surface area contributed by atoms with Crippen molar-refractivity contribution < 1.29 is 0 Å². The van der Waals surface area contributed by atoms with Crippen molar-refractivity contribution in [3.63, 3.8) is 0 Å². The second-order valence-corrected chi connectivity index (χ2v) is 12.5. The molecular weight excluding hydrogens is 604 g/mol. The van der Waals surface area contributed by atoms with Crippen molar-refractivity contribution in [2.24, 2.45) is 0 Å². The molecule has 0 bridgehead atoms. The van der Waals surface area contributed by atoms with E-state index in [1.165, 1.54) is 76.8 Å². The molecular formula is C37H20Br2. The molecule has 2 aliphatic carbocycles. The number of halogens is 2. The summed E-state index contributed by atoms with van der Waals surface area (Å²) in [5.41, 5.74) is 10.3. The Balaban J connectivity index is 1.54. The molecule has 0 N–H and O–H groups in total. The summed E-state index contributed by atoms with van der Waals surface area (Å²) in [4.78, 5) is 0. The Kier molecular flexibility index (Phi) is 4.36. The van der Waals surface area contributed by atoms with Crippen molar-refractivity contribution in [1.82, 2.24) is 0 Å². The quantitative estimate of drug-likeness (QED) is 0.147. The van der Waals surface area contributed by atoms with Crippen LogP contribution in [0.3, 0.4) is 0 Å². The average Bonchev–Trinajstić information content (AvgIpc) is 3.42. The van der Waals surface area contributed by atoms with Gasteiger partial charge in [-0.05, 0) is 113 Å². The maximum absolute atomic E-state index is 3.82. The van der Waals surface area contributed by atoms with Crippen LogP contribution in [0, 0.1) is 0 Å². The average molecular weight is 624 g/mol. The maximum Gasteiger partial charge on any atom is 0.0726 e. The lowest BCUT2D eigenvalue weighted by molar-refractivity contribution is 0.794. The highest BCUT2D eigenvalue weighted by molar-refractivity contribution is 9.10. The van der Waals surface area contributed by atoms with E-state index in [0.717, 1.165) is 8.95 Å². The van der Waals surface area contributed by atoms with Crippen molar-refractivity contribution in [3.8, 4) is 22.3 Å². The van der Waals surface area contributed by atoms with Crippen LogP contribution in [-0.2, 0) is 5.41 Å². The van der Waals surface area contributed by atoms with E-state index in [-0.39, 0.29) is 5.41 Å². The van der Waals surface area contributed by atoms with Gasteiger partial charge in [-0.3, -0.25) is 0 Å². The van der Waals surface area contributed by atoms with E-state index in [4.69, 9.17) is 0 Å². The van der Waals surface area contributed by atoms with E-state index in [9.17, 15) is 0 Å². The van der Waals surface area contributed by atoms with Crippen LogP contribution in [-0.4, -0.2) is 0 Å². The normalized spacial score (nSPS) is 14.1. The van der Waals surface area contributed by atoms with Crippen molar-refractivity contribution >= 4 is 64.2 Å². The molecule has 0 radical (unpaired) electrons. The molecule has 2 heteroatoms. The van der Waals surface area contributed by atoms with E-state index in [1.54, 1.807) is 0 Å². The van der Waals surface area contributed by atoms with Gasteiger partial charge in [-0.1, -0.05) is 117 Å². The van der Waals surface area contributed by atoms with E-state index in [2.05, 4.69) is 153 Å². The van der Waals surface area contributed by atoms with Gasteiger partial charge < -0.3 is 0 Å². The van der Waals surface area contributed by atoms with Crippen molar-refractivity contribution in [3.05, 3.63) is 153 Å². The molecule has 0 aliphatic heterocycles. The molecule has 0 atom stereocenters. The van der Waals surface area contributed by atoms with Gasteiger partial charge >= 0.3 is 0 Å². The first kappa shape index (κ1) is 22.1. The lowest BCUT2D eigenvalue weighted by Gasteiger charge is -2.31. The standard InChI is InChI=1S/C37H20Br2/c38-21-13-15-28-29-16-14-22(39)18-35(29)37(34(28)17-21)33-12-6-5-11-27(33)32-19-30-25-9-3-1-7-23(25)24-8-2-4-10-26(24)31(30)20-36(32)37/h1-20H. The Morgan fingerprint density at radius 1 is 0.333 bits per heavy atom. The van der Waals surface area contributed by atoms with Gasteiger partial charge in [0.2, 0.25) is 0 Å². The predicted octanol–water partition coefficient (Wildman–Crippen LogP) is 11.0. The molecule has 39 heavy (non-hydrogen) atoms. The molecule has 9 rings (SSSR count). The molecule has 182 valence electrons. The van der Waals surface area contributed by atoms with Gasteiger partial charge in [0.05, 0.1) is 5.41 Å². The molecule has 0 heterocycles. The lowest BCUT2D eigenvalue weighted by atomic mass is 9.70. The fraction of sp³-hybridized carbons (Fsp3) is 0.0270. The molecule has 0 nitrogen and oxygen atoms in total. The molecule has 7 aromatic carbocycles. The molecule has 0 fully saturated rings. The number of hydrogen-bond acceptors (Lipinski definition) is 0. The monoisotopic (exact) mass is 622 g/mol. The smallest absolute Gasteiger partial charge is 0.0619 e. The Morgan fingerprint density at radius 3 is 1.36 bits per heavy atom. The first-order valence-electron chi connectivity index (χ1n) is 13.2. The van der Waals surface area contributed by atoms with E-state index >= 15 is 0 Å². The zero-order valence-corrected chi connectivity index (χ0v) is 24.0. The fourth-order valence-electron chi connectivity index (χ4n) is 7.52. The first-order chi connectivity index (χ1) is 19.2. The molecule has 0 aromatic heterocycles. The Morgan fingerprint density at radius 2 is 0.769 bits per heavy atom. The molecule has 2 aliphatic rings. The molecule has 0 saturated heterocycles. The van der Waals surface area contributed by atoms with Gasteiger partial charge in [0.25, 0.3) is 0 Å².